The van der Waals surface area contributed by atoms with Crippen molar-refractivity contribution in [3.05, 3.63) is 52.5 Å². The zero-order valence-electron chi connectivity index (χ0n) is 14.9. The van der Waals surface area contributed by atoms with Gasteiger partial charge in [0.1, 0.15) is 5.82 Å². The molecule has 0 atom stereocenters. The molecular formula is C20H22Cl3N3. The molecule has 0 bridgehead atoms. The molecule has 0 radical (unpaired) electrons. The van der Waals surface area contributed by atoms with E-state index in [1.54, 1.807) is 6.07 Å². The number of rotatable bonds is 6. The lowest BCUT2D eigenvalue weighted by atomic mass is 10.1. The summed E-state index contributed by atoms with van der Waals surface area (Å²) in [7, 11) is 0. The van der Waals surface area contributed by atoms with Crippen LogP contribution in [0, 0.1) is 0 Å². The Bertz CT molecular complexity index is 883. The average Bonchev–Trinajstić information content (AvgIpc) is 2.62. The van der Waals surface area contributed by atoms with Crippen LogP contribution in [0.2, 0.25) is 10.0 Å². The molecule has 0 spiro atoms. The lowest BCUT2D eigenvalue weighted by Gasteiger charge is -2.24. The highest BCUT2D eigenvalue weighted by atomic mass is 35.5. The van der Waals surface area contributed by atoms with Crippen LogP contribution in [0.1, 0.15) is 26.7 Å². The van der Waals surface area contributed by atoms with Gasteiger partial charge in [-0.25, -0.2) is 9.97 Å². The number of fused-ring (bicyclic) bond motifs is 1. The molecule has 0 fully saturated rings. The maximum absolute atomic E-state index is 6.39. The molecule has 0 unspecified atom stereocenters. The quantitative estimate of drug-likeness (QED) is 0.455. The molecule has 0 aliphatic heterocycles. The van der Waals surface area contributed by atoms with Gasteiger partial charge >= 0.3 is 0 Å². The van der Waals surface area contributed by atoms with Crippen molar-refractivity contribution in [2.24, 2.45) is 0 Å². The van der Waals surface area contributed by atoms with Crippen LogP contribution in [-0.4, -0.2) is 23.1 Å². The first-order valence-corrected chi connectivity index (χ1v) is 9.36. The first-order chi connectivity index (χ1) is 12.1. The maximum atomic E-state index is 6.39. The summed E-state index contributed by atoms with van der Waals surface area (Å²) >= 11 is 12.4. The van der Waals surface area contributed by atoms with E-state index in [9.17, 15) is 0 Å². The second-order valence-electron chi connectivity index (χ2n) is 5.95. The molecular weight excluding hydrogens is 389 g/mol. The lowest BCUT2D eigenvalue weighted by molar-refractivity contribution is 0.726. The highest BCUT2D eigenvalue weighted by Gasteiger charge is 2.15. The maximum Gasteiger partial charge on any atom is 0.163 e. The summed E-state index contributed by atoms with van der Waals surface area (Å²) < 4.78 is 0. The molecule has 3 nitrogen and oxygen atoms in total. The van der Waals surface area contributed by atoms with E-state index in [0.717, 1.165) is 48.2 Å². The van der Waals surface area contributed by atoms with Crippen LogP contribution in [0.5, 0.6) is 0 Å². The van der Waals surface area contributed by atoms with Gasteiger partial charge in [0, 0.05) is 29.1 Å². The summed E-state index contributed by atoms with van der Waals surface area (Å²) in [6, 6.07) is 13.5. The van der Waals surface area contributed by atoms with Gasteiger partial charge in [-0.05, 0) is 43.7 Å². The molecule has 1 heterocycles. The zero-order valence-corrected chi connectivity index (χ0v) is 17.2. The van der Waals surface area contributed by atoms with Crippen molar-refractivity contribution in [2.45, 2.75) is 26.7 Å². The van der Waals surface area contributed by atoms with Gasteiger partial charge in [-0.15, -0.1) is 12.4 Å². The van der Waals surface area contributed by atoms with E-state index < -0.39 is 0 Å². The van der Waals surface area contributed by atoms with Crippen LogP contribution < -0.4 is 4.90 Å². The third-order valence-corrected chi connectivity index (χ3v) is 4.77. The van der Waals surface area contributed by atoms with Gasteiger partial charge < -0.3 is 4.90 Å². The van der Waals surface area contributed by atoms with E-state index in [0.29, 0.717) is 15.9 Å². The molecule has 0 saturated heterocycles. The first kappa shape index (κ1) is 20.8. The van der Waals surface area contributed by atoms with Crippen LogP contribution in [0.3, 0.4) is 0 Å². The molecule has 0 amide bonds. The van der Waals surface area contributed by atoms with Crippen molar-refractivity contribution >= 4 is 52.3 Å². The molecule has 1 aromatic heterocycles. The second-order valence-corrected chi connectivity index (χ2v) is 6.79. The van der Waals surface area contributed by atoms with Crippen molar-refractivity contribution in [3.63, 3.8) is 0 Å². The van der Waals surface area contributed by atoms with Gasteiger partial charge in [0.05, 0.1) is 10.5 Å². The SMILES string of the molecule is CCCCN(CC)c1nc(-c2ccc(Cl)cc2Cl)nc2ccccc12.Cl. The molecule has 3 aromatic rings. The largest absolute Gasteiger partial charge is 0.356 e. The minimum absolute atomic E-state index is 0. The van der Waals surface area contributed by atoms with Crippen LogP contribution in [0.25, 0.3) is 22.3 Å². The average molecular weight is 411 g/mol. The standard InChI is InChI=1S/C20H21Cl2N3.ClH/c1-3-5-12-25(4-2)20-16-8-6-7-9-18(16)23-19(24-20)15-11-10-14(21)13-17(15)22;/h6-11,13H,3-5,12H2,1-2H3;1H. The van der Waals surface area contributed by atoms with Crippen molar-refractivity contribution in [1.29, 1.82) is 0 Å². The Hall–Kier alpha value is -1.55. The number of halogens is 3. The van der Waals surface area contributed by atoms with E-state index in [-0.39, 0.29) is 12.4 Å². The Kier molecular flexibility index (Phi) is 7.51. The predicted octanol–water partition coefficient (Wildman–Crippen LogP) is 6.65. The number of benzene rings is 2. The van der Waals surface area contributed by atoms with E-state index in [1.807, 2.05) is 30.3 Å². The fourth-order valence-corrected chi connectivity index (χ4v) is 3.35. The number of hydrogen-bond donors (Lipinski definition) is 0. The normalized spacial score (nSPS) is 10.6. The van der Waals surface area contributed by atoms with E-state index in [1.165, 1.54) is 0 Å². The Morgan fingerprint density at radius 2 is 1.77 bits per heavy atom. The van der Waals surface area contributed by atoms with Gasteiger partial charge in [-0.1, -0.05) is 48.7 Å². The number of anilines is 1. The Balaban J connectivity index is 0.00000243. The minimum Gasteiger partial charge on any atom is -0.356 e. The number of nitrogens with zero attached hydrogens (tertiary/aromatic N) is 3. The van der Waals surface area contributed by atoms with E-state index in [2.05, 4.69) is 24.8 Å². The highest BCUT2D eigenvalue weighted by molar-refractivity contribution is 6.36. The van der Waals surface area contributed by atoms with Crippen molar-refractivity contribution in [1.82, 2.24) is 9.97 Å². The first-order valence-electron chi connectivity index (χ1n) is 8.61. The Morgan fingerprint density at radius 1 is 1.00 bits per heavy atom. The smallest absolute Gasteiger partial charge is 0.163 e. The van der Waals surface area contributed by atoms with Gasteiger partial charge in [-0.3, -0.25) is 0 Å². The van der Waals surface area contributed by atoms with E-state index >= 15 is 0 Å². The topological polar surface area (TPSA) is 29.0 Å². The summed E-state index contributed by atoms with van der Waals surface area (Å²) in [6.45, 7) is 6.23. The fourth-order valence-electron chi connectivity index (χ4n) is 2.85. The third-order valence-electron chi connectivity index (χ3n) is 4.22. The van der Waals surface area contributed by atoms with E-state index in [4.69, 9.17) is 33.2 Å². The van der Waals surface area contributed by atoms with Crippen molar-refractivity contribution in [2.75, 3.05) is 18.0 Å². The summed E-state index contributed by atoms with van der Waals surface area (Å²) in [5.41, 5.74) is 1.72. The Morgan fingerprint density at radius 3 is 2.46 bits per heavy atom. The molecule has 0 saturated carbocycles. The van der Waals surface area contributed by atoms with Gasteiger partial charge in [0.15, 0.2) is 5.82 Å². The van der Waals surface area contributed by atoms with Crippen LogP contribution in [0.4, 0.5) is 5.82 Å². The van der Waals surface area contributed by atoms with Gasteiger partial charge in [-0.2, -0.15) is 0 Å². The molecule has 3 rings (SSSR count). The molecule has 0 N–H and O–H groups in total. The van der Waals surface area contributed by atoms with Crippen LogP contribution in [-0.2, 0) is 0 Å². The molecule has 0 aliphatic carbocycles. The predicted molar refractivity (Wildman–Crippen MR) is 115 cm³/mol. The summed E-state index contributed by atoms with van der Waals surface area (Å²) in [5.74, 6) is 1.59. The lowest BCUT2D eigenvalue weighted by Crippen LogP contribution is -2.25. The Labute approximate surface area is 170 Å². The fraction of sp³-hybridized carbons (Fsp3) is 0.300. The number of hydrogen-bond acceptors (Lipinski definition) is 3. The van der Waals surface area contributed by atoms with Crippen LogP contribution in [0.15, 0.2) is 42.5 Å². The molecule has 2 aromatic carbocycles. The summed E-state index contributed by atoms with van der Waals surface area (Å²) in [6.07, 6.45) is 2.28. The second kappa shape index (κ2) is 9.40. The molecule has 26 heavy (non-hydrogen) atoms. The van der Waals surface area contributed by atoms with Gasteiger partial charge in [0.2, 0.25) is 0 Å². The minimum atomic E-state index is 0. The summed E-state index contributed by atoms with van der Waals surface area (Å²) in [4.78, 5) is 11.9. The van der Waals surface area contributed by atoms with Crippen molar-refractivity contribution in [3.8, 4) is 11.4 Å². The number of aromatic nitrogens is 2. The monoisotopic (exact) mass is 409 g/mol. The molecule has 138 valence electrons. The number of para-hydroxylation sites is 1. The molecule has 6 heteroatoms. The summed E-state index contributed by atoms with van der Waals surface area (Å²) in [5, 5.41) is 2.23. The molecule has 0 aliphatic rings. The highest BCUT2D eigenvalue weighted by Crippen LogP contribution is 2.32. The van der Waals surface area contributed by atoms with Gasteiger partial charge in [0.25, 0.3) is 0 Å². The third kappa shape index (κ3) is 4.40. The zero-order chi connectivity index (χ0) is 17.8. The van der Waals surface area contributed by atoms with Crippen molar-refractivity contribution < 1.29 is 0 Å². The van der Waals surface area contributed by atoms with Crippen LogP contribution >= 0.6 is 35.6 Å². The number of unbranched alkanes of at least 4 members (excludes halogenated alkanes) is 1.